The maximum Gasteiger partial charge on any atom is 0.337 e. The van der Waals surface area contributed by atoms with Crippen LogP contribution in [0.25, 0.3) is 0 Å². The number of methoxy groups -OCH3 is 1. The first kappa shape index (κ1) is 16.5. The van der Waals surface area contributed by atoms with Crippen LogP contribution in [0.3, 0.4) is 0 Å². The van der Waals surface area contributed by atoms with Gasteiger partial charge in [-0.1, -0.05) is 12.1 Å². The molecule has 0 fully saturated rings. The van der Waals surface area contributed by atoms with E-state index in [0.29, 0.717) is 17.9 Å². The fourth-order valence-electron chi connectivity index (χ4n) is 2.00. The molecule has 0 aliphatic heterocycles. The summed E-state index contributed by atoms with van der Waals surface area (Å²) in [5.74, 6) is 0.193. The maximum absolute atomic E-state index is 11.9. The summed E-state index contributed by atoms with van der Waals surface area (Å²) in [6.07, 6.45) is 0.243. The molecule has 0 aliphatic carbocycles. The molecular weight excluding hydrogens is 294 g/mol. The average molecular weight is 313 g/mol. The fourth-order valence-corrected chi connectivity index (χ4v) is 2.00. The van der Waals surface area contributed by atoms with Crippen LogP contribution in [0.15, 0.2) is 48.5 Å². The Morgan fingerprint density at radius 1 is 1.09 bits per heavy atom. The second-order valence-electron chi connectivity index (χ2n) is 5.03. The van der Waals surface area contributed by atoms with Gasteiger partial charge < -0.3 is 14.8 Å². The number of amides is 1. The van der Waals surface area contributed by atoms with Crippen LogP contribution in [-0.4, -0.2) is 25.6 Å². The van der Waals surface area contributed by atoms with Crippen LogP contribution in [0.4, 0.5) is 5.69 Å². The molecule has 0 atom stereocenters. The van der Waals surface area contributed by atoms with Crippen molar-refractivity contribution in [3.8, 4) is 5.75 Å². The quantitative estimate of drug-likeness (QED) is 0.832. The van der Waals surface area contributed by atoms with Crippen molar-refractivity contribution in [2.45, 2.75) is 13.3 Å². The highest BCUT2D eigenvalue weighted by molar-refractivity contribution is 5.93. The third kappa shape index (κ3) is 5.14. The minimum absolute atomic E-state index is 0.150. The Balaban J connectivity index is 1.79. The SMILES string of the molecule is COC(=O)c1ccc(NC(=O)CCOc2cccc(C)c2)cc1. The van der Waals surface area contributed by atoms with Crippen LogP contribution in [-0.2, 0) is 9.53 Å². The minimum atomic E-state index is -0.408. The summed E-state index contributed by atoms with van der Waals surface area (Å²) in [5, 5.41) is 2.75. The maximum atomic E-state index is 11.9. The summed E-state index contributed by atoms with van der Waals surface area (Å²) >= 11 is 0. The third-order valence-electron chi connectivity index (χ3n) is 3.18. The van der Waals surface area contributed by atoms with Crippen molar-refractivity contribution < 1.29 is 19.1 Å². The normalized spacial score (nSPS) is 10.0. The van der Waals surface area contributed by atoms with E-state index >= 15 is 0 Å². The highest BCUT2D eigenvalue weighted by Gasteiger charge is 2.06. The zero-order valence-electron chi connectivity index (χ0n) is 13.2. The molecule has 1 N–H and O–H groups in total. The van der Waals surface area contributed by atoms with Crippen molar-refractivity contribution in [3.63, 3.8) is 0 Å². The van der Waals surface area contributed by atoms with Gasteiger partial charge in [0.25, 0.3) is 0 Å². The van der Waals surface area contributed by atoms with Gasteiger partial charge in [-0.25, -0.2) is 4.79 Å². The number of esters is 1. The zero-order valence-corrected chi connectivity index (χ0v) is 13.2. The average Bonchev–Trinajstić information content (AvgIpc) is 2.55. The van der Waals surface area contributed by atoms with Crippen LogP contribution in [0.5, 0.6) is 5.75 Å². The van der Waals surface area contributed by atoms with Crippen molar-refractivity contribution in [3.05, 3.63) is 59.7 Å². The van der Waals surface area contributed by atoms with Gasteiger partial charge in [-0.05, 0) is 48.9 Å². The molecule has 0 bridgehead atoms. The Hall–Kier alpha value is -2.82. The Bertz CT molecular complexity index is 680. The molecule has 23 heavy (non-hydrogen) atoms. The van der Waals surface area contributed by atoms with Gasteiger partial charge in [0.2, 0.25) is 5.91 Å². The topological polar surface area (TPSA) is 64.6 Å². The molecule has 5 nitrogen and oxygen atoms in total. The first-order chi connectivity index (χ1) is 11.1. The number of aryl methyl sites for hydroxylation is 1. The van der Waals surface area contributed by atoms with Gasteiger partial charge in [0, 0.05) is 5.69 Å². The molecule has 0 heterocycles. The highest BCUT2D eigenvalue weighted by Crippen LogP contribution is 2.13. The summed E-state index contributed by atoms with van der Waals surface area (Å²) in [6, 6.07) is 14.2. The first-order valence-corrected chi connectivity index (χ1v) is 7.26. The van der Waals surface area contributed by atoms with E-state index in [1.807, 2.05) is 31.2 Å². The summed E-state index contributed by atoms with van der Waals surface area (Å²) in [7, 11) is 1.33. The molecule has 1 amide bonds. The Morgan fingerprint density at radius 2 is 1.83 bits per heavy atom. The molecule has 0 radical (unpaired) electrons. The molecule has 2 aromatic carbocycles. The van der Waals surface area contributed by atoms with Gasteiger partial charge in [-0.15, -0.1) is 0 Å². The van der Waals surface area contributed by atoms with Gasteiger partial charge in [0.05, 0.1) is 25.7 Å². The number of carbonyl (C=O) groups is 2. The van der Waals surface area contributed by atoms with E-state index in [4.69, 9.17) is 4.74 Å². The molecule has 0 spiro atoms. The minimum Gasteiger partial charge on any atom is -0.493 e. The molecule has 0 saturated carbocycles. The summed E-state index contributed by atoms with van der Waals surface area (Å²) in [6.45, 7) is 2.28. The molecule has 120 valence electrons. The van der Waals surface area contributed by atoms with E-state index in [9.17, 15) is 9.59 Å². The van der Waals surface area contributed by atoms with Crippen molar-refractivity contribution in [1.82, 2.24) is 0 Å². The van der Waals surface area contributed by atoms with E-state index in [1.165, 1.54) is 7.11 Å². The number of rotatable bonds is 6. The molecule has 2 aromatic rings. The van der Waals surface area contributed by atoms with Crippen LogP contribution in [0.2, 0.25) is 0 Å². The van der Waals surface area contributed by atoms with Crippen LogP contribution in [0.1, 0.15) is 22.3 Å². The smallest absolute Gasteiger partial charge is 0.337 e. The standard InChI is InChI=1S/C18H19NO4/c1-13-4-3-5-16(12-13)23-11-10-17(20)19-15-8-6-14(7-9-15)18(21)22-2/h3-9,12H,10-11H2,1-2H3,(H,19,20). The van der Waals surface area contributed by atoms with Gasteiger partial charge in [-0.2, -0.15) is 0 Å². The van der Waals surface area contributed by atoms with E-state index in [-0.39, 0.29) is 12.3 Å². The lowest BCUT2D eigenvalue weighted by Gasteiger charge is -2.08. The Morgan fingerprint density at radius 3 is 2.48 bits per heavy atom. The predicted molar refractivity (Wildman–Crippen MR) is 87.7 cm³/mol. The van der Waals surface area contributed by atoms with Crippen LogP contribution in [0, 0.1) is 6.92 Å². The number of hydrogen-bond acceptors (Lipinski definition) is 4. The number of ether oxygens (including phenoxy) is 2. The summed E-state index contributed by atoms with van der Waals surface area (Å²) in [4.78, 5) is 23.2. The van der Waals surface area contributed by atoms with E-state index in [1.54, 1.807) is 24.3 Å². The van der Waals surface area contributed by atoms with E-state index in [0.717, 1.165) is 11.3 Å². The number of hydrogen-bond donors (Lipinski definition) is 1. The first-order valence-electron chi connectivity index (χ1n) is 7.26. The largest absolute Gasteiger partial charge is 0.493 e. The highest BCUT2D eigenvalue weighted by atomic mass is 16.5. The molecule has 5 heteroatoms. The second-order valence-corrected chi connectivity index (χ2v) is 5.03. The van der Waals surface area contributed by atoms with Crippen LogP contribution >= 0.6 is 0 Å². The van der Waals surface area contributed by atoms with Crippen molar-refractivity contribution in [2.75, 3.05) is 19.0 Å². The second kappa shape index (κ2) is 7.98. The van der Waals surface area contributed by atoms with Crippen LogP contribution < -0.4 is 10.1 Å². The van der Waals surface area contributed by atoms with E-state index < -0.39 is 5.97 Å². The van der Waals surface area contributed by atoms with Crippen molar-refractivity contribution >= 4 is 17.6 Å². The lowest BCUT2D eigenvalue weighted by atomic mass is 10.2. The van der Waals surface area contributed by atoms with Gasteiger partial charge in [0.15, 0.2) is 0 Å². The summed E-state index contributed by atoms with van der Waals surface area (Å²) < 4.78 is 10.2. The lowest BCUT2D eigenvalue weighted by molar-refractivity contribution is -0.116. The van der Waals surface area contributed by atoms with Crippen molar-refractivity contribution in [1.29, 1.82) is 0 Å². The van der Waals surface area contributed by atoms with Crippen molar-refractivity contribution in [2.24, 2.45) is 0 Å². The number of nitrogens with one attached hydrogen (secondary N) is 1. The zero-order chi connectivity index (χ0) is 16.7. The van der Waals surface area contributed by atoms with Gasteiger partial charge in [-0.3, -0.25) is 4.79 Å². The Kier molecular flexibility index (Phi) is 5.74. The van der Waals surface area contributed by atoms with Gasteiger partial charge in [0.1, 0.15) is 5.75 Å². The molecule has 2 rings (SSSR count). The number of carbonyl (C=O) groups excluding carboxylic acids is 2. The number of anilines is 1. The monoisotopic (exact) mass is 313 g/mol. The molecule has 0 unspecified atom stereocenters. The molecule has 0 saturated heterocycles. The fraction of sp³-hybridized carbons (Fsp3) is 0.222. The predicted octanol–water partition coefficient (Wildman–Crippen LogP) is 3.19. The molecular formula is C18H19NO4. The lowest BCUT2D eigenvalue weighted by Crippen LogP contribution is -2.15. The molecule has 0 aliphatic rings. The number of benzene rings is 2. The van der Waals surface area contributed by atoms with E-state index in [2.05, 4.69) is 10.1 Å². The Labute approximate surface area is 135 Å². The third-order valence-corrected chi connectivity index (χ3v) is 3.18. The summed E-state index contributed by atoms with van der Waals surface area (Å²) in [5.41, 5.74) is 2.17. The molecule has 0 aromatic heterocycles. The van der Waals surface area contributed by atoms with Gasteiger partial charge >= 0.3 is 5.97 Å².